The predicted molar refractivity (Wildman–Crippen MR) is 185 cm³/mol. The monoisotopic (exact) mass is 758 g/mol. The Hall–Kier alpha value is -5.36. The topological polar surface area (TPSA) is 143 Å². The van der Waals surface area contributed by atoms with E-state index in [9.17, 15) is 36.3 Å². The lowest BCUT2D eigenvalue weighted by molar-refractivity contribution is -0.387. The minimum absolute atomic E-state index is 0.0631. The first-order valence-electron chi connectivity index (χ1n) is 17.5. The SMILES string of the molecule is CCc1c(N2CCN(C(=O)c3ncnc(C)c3OCc3ccccc3)CC2)c(=O)n2nc(N(C)C)nc2n1CC(=O)NC12CC(C(F)(F)C(F)(F)F)(C1)C2. The van der Waals surface area contributed by atoms with E-state index >= 15 is 0 Å². The molecule has 0 spiro atoms. The number of hydrogen-bond acceptors (Lipinski definition) is 10. The summed E-state index contributed by atoms with van der Waals surface area (Å²) in [7, 11) is 3.36. The number of carbonyl (C=O) groups excluding carboxylic acids is 2. The van der Waals surface area contributed by atoms with Crippen molar-refractivity contribution in [1.29, 1.82) is 0 Å². The lowest BCUT2D eigenvalue weighted by Gasteiger charge is -2.72. The van der Waals surface area contributed by atoms with Gasteiger partial charge in [-0.25, -0.2) is 9.97 Å². The van der Waals surface area contributed by atoms with Crippen molar-refractivity contribution < 1.29 is 36.3 Å². The molecule has 4 aliphatic rings. The van der Waals surface area contributed by atoms with Gasteiger partial charge in [-0.3, -0.25) is 14.4 Å². The summed E-state index contributed by atoms with van der Waals surface area (Å²) in [6.07, 6.45) is -5.57. The van der Waals surface area contributed by atoms with Crippen LogP contribution in [0, 0.1) is 12.3 Å². The summed E-state index contributed by atoms with van der Waals surface area (Å²) in [6.45, 7) is 4.26. The first kappa shape index (κ1) is 37.0. The third-order valence-electron chi connectivity index (χ3n) is 10.6. The Morgan fingerprint density at radius 3 is 2.28 bits per heavy atom. The largest absolute Gasteiger partial charge is 0.485 e. The van der Waals surface area contributed by atoms with E-state index in [2.05, 4.69) is 25.4 Å². The highest BCUT2D eigenvalue weighted by Gasteiger charge is 2.84. The van der Waals surface area contributed by atoms with Crippen molar-refractivity contribution in [3.8, 4) is 5.75 Å². The number of benzene rings is 1. The second-order valence-electron chi connectivity index (χ2n) is 14.5. The Bertz CT molecular complexity index is 2140. The maximum absolute atomic E-state index is 14.2. The van der Waals surface area contributed by atoms with Crippen LogP contribution in [-0.4, -0.2) is 104 Å². The van der Waals surface area contributed by atoms with Crippen LogP contribution in [0.5, 0.6) is 5.75 Å². The van der Waals surface area contributed by atoms with Crippen molar-refractivity contribution in [2.24, 2.45) is 5.41 Å². The number of carbonyl (C=O) groups is 2. The zero-order valence-corrected chi connectivity index (χ0v) is 30.1. The molecular weight excluding hydrogens is 719 g/mol. The van der Waals surface area contributed by atoms with Crippen LogP contribution in [0.1, 0.15) is 53.6 Å². The number of halogens is 5. The summed E-state index contributed by atoms with van der Waals surface area (Å²) in [4.78, 5) is 59.4. The molecule has 8 rings (SSSR count). The van der Waals surface area contributed by atoms with Gasteiger partial charge in [-0.15, -0.1) is 5.10 Å². The number of amides is 2. The van der Waals surface area contributed by atoms with Gasteiger partial charge in [0, 0.05) is 45.8 Å². The molecule has 1 saturated heterocycles. The quantitative estimate of drug-likeness (QED) is 0.226. The molecule has 4 fully saturated rings. The van der Waals surface area contributed by atoms with Gasteiger partial charge in [-0.1, -0.05) is 37.3 Å². The summed E-state index contributed by atoms with van der Waals surface area (Å²) in [6, 6.07) is 9.47. The molecule has 0 radical (unpaired) electrons. The molecule has 2 bridgehead atoms. The summed E-state index contributed by atoms with van der Waals surface area (Å²) in [5.74, 6) is -5.31. The van der Waals surface area contributed by atoms with Crippen LogP contribution in [0.25, 0.3) is 5.78 Å². The number of alkyl halides is 5. The average molecular weight is 759 g/mol. The highest BCUT2D eigenvalue weighted by molar-refractivity contribution is 5.95. The molecule has 14 nitrogen and oxygen atoms in total. The van der Waals surface area contributed by atoms with Crippen molar-refractivity contribution in [2.45, 2.75) is 70.3 Å². The van der Waals surface area contributed by atoms with Crippen LogP contribution < -0.4 is 25.4 Å². The maximum atomic E-state index is 14.2. The Balaban J connectivity index is 1.11. The number of hydrogen-bond donors (Lipinski definition) is 1. The minimum atomic E-state index is -5.68. The van der Waals surface area contributed by atoms with Crippen LogP contribution in [-0.2, 0) is 24.4 Å². The molecule has 0 unspecified atom stereocenters. The van der Waals surface area contributed by atoms with Gasteiger partial charge in [-0.2, -0.15) is 31.5 Å². The number of rotatable bonds is 11. The molecule has 4 aromatic rings. The van der Waals surface area contributed by atoms with Gasteiger partial charge in [0.25, 0.3) is 11.5 Å². The van der Waals surface area contributed by atoms with E-state index in [-0.39, 0.29) is 74.0 Å². The van der Waals surface area contributed by atoms with E-state index in [1.54, 1.807) is 37.7 Å². The smallest absolute Gasteiger partial charge is 0.453 e. The fourth-order valence-corrected chi connectivity index (χ4v) is 7.94. The highest BCUT2D eigenvalue weighted by atomic mass is 19.4. The summed E-state index contributed by atoms with van der Waals surface area (Å²) >= 11 is 0. The summed E-state index contributed by atoms with van der Waals surface area (Å²) in [5.41, 5.74) is -1.64. The third-order valence-corrected chi connectivity index (χ3v) is 10.6. The first-order valence-corrected chi connectivity index (χ1v) is 17.5. The third kappa shape index (κ3) is 6.06. The van der Waals surface area contributed by atoms with Crippen molar-refractivity contribution in [3.63, 3.8) is 0 Å². The van der Waals surface area contributed by atoms with E-state index in [1.165, 1.54) is 10.9 Å². The van der Waals surface area contributed by atoms with Gasteiger partial charge < -0.3 is 29.3 Å². The van der Waals surface area contributed by atoms with Crippen molar-refractivity contribution in [2.75, 3.05) is 50.1 Å². The molecular formula is C35H39F5N10O4. The minimum Gasteiger partial charge on any atom is -0.485 e. The zero-order chi connectivity index (χ0) is 38.8. The number of nitrogens with one attached hydrogen (secondary N) is 1. The van der Waals surface area contributed by atoms with Gasteiger partial charge >= 0.3 is 12.1 Å². The number of ether oxygens (including phenoxy) is 1. The van der Waals surface area contributed by atoms with Crippen LogP contribution >= 0.6 is 0 Å². The van der Waals surface area contributed by atoms with Crippen LogP contribution in [0.4, 0.5) is 33.6 Å². The Kier molecular flexibility index (Phi) is 9.03. The van der Waals surface area contributed by atoms with Gasteiger partial charge in [0.05, 0.1) is 16.8 Å². The van der Waals surface area contributed by atoms with E-state index in [4.69, 9.17) is 4.74 Å². The average Bonchev–Trinajstić information content (AvgIpc) is 3.56. The van der Waals surface area contributed by atoms with Crippen molar-refractivity contribution >= 4 is 29.2 Å². The molecule has 2 amide bonds. The molecule has 3 aliphatic carbocycles. The Morgan fingerprint density at radius 1 is 1.00 bits per heavy atom. The fourth-order valence-electron chi connectivity index (χ4n) is 7.94. The second-order valence-corrected chi connectivity index (χ2v) is 14.5. The molecule has 3 aromatic heterocycles. The van der Waals surface area contributed by atoms with Crippen LogP contribution in [0.15, 0.2) is 41.5 Å². The van der Waals surface area contributed by atoms with Gasteiger partial charge in [0.15, 0.2) is 11.4 Å². The molecule has 0 atom stereocenters. The number of anilines is 2. The Labute approximate surface area is 305 Å². The maximum Gasteiger partial charge on any atom is 0.453 e. The standard InChI is InChI=1S/C35H39F5N10O4/c1-5-23-26(47-11-13-48(14-12-47)28(52)25-27(21(2)41-20-42-25)54-16-22-9-7-6-8-10-22)29(53)50-31(43-30(45-50)46(3)4)49(23)15-24(51)44-33-17-32(18-33,19-33)34(36,37)35(38,39)40/h6-10,20H,5,11-19H2,1-4H3,(H,44,51). The zero-order valence-electron chi connectivity index (χ0n) is 30.1. The lowest BCUT2D eigenvalue weighted by atomic mass is 9.37. The molecule has 1 aliphatic heterocycles. The highest BCUT2D eigenvalue weighted by Crippen LogP contribution is 2.75. The summed E-state index contributed by atoms with van der Waals surface area (Å²) in [5, 5.41) is 7.07. The van der Waals surface area contributed by atoms with Crippen molar-refractivity contribution in [3.05, 3.63) is 69.7 Å². The lowest BCUT2D eigenvalue weighted by Crippen LogP contribution is -2.81. The molecule has 1 aromatic carbocycles. The molecule has 19 heteroatoms. The number of aromatic nitrogens is 6. The number of fused-ring (bicyclic) bond motifs is 1. The molecule has 1 N–H and O–H groups in total. The van der Waals surface area contributed by atoms with Crippen LogP contribution in [0.3, 0.4) is 0 Å². The molecule has 3 saturated carbocycles. The van der Waals surface area contributed by atoms with E-state index in [0.29, 0.717) is 11.4 Å². The van der Waals surface area contributed by atoms with Crippen molar-refractivity contribution in [1.82, 2.24) is 39.3 Å². The van der Waals surface area contributed by atoms with E-state index < -0.39 is 60.3 Å². The van der Waals surface area contributed by atoms with Gasteiger partial charge in [0.2, 0.25) is 17.6 Å². The first-order chi connectivity index (χ1) is 25.5. The molecule has 54 heavy (non-hydrogen) atoms. The Morgan fingerprint density at radius 2 is 1.67 bits per heavy atom. The summed E-state index contributed by atoms with van der Waals surface area (Å²) < 4.78 is 76.3. The van der Waals surface area contributed by atoms with E-state index in [1.807, 2.05) is 35.2 Å². The fraction of sp³-hybridized carbons (Fsp3) is 0.514. The van der Waals surface area contributed by atoms with Crippen LogP contribution in [0.2, 0.25) is 0 Å². The molecule has 288 valence electrons. The normalized spacial score (nSPS) is 21.1. The predicted octanol–water partition coefficient (Wildman–Crippen LogP) is 3.40. The van der Waals surface area contributed by atoms with Gasteiger partial charge in [0.1, 0.15) is 25.2 Å². The number of aryl methyl sites for hydroxylation is 1. The van der Waals surface area contributed by atoms with Gasteiger partial charge in [-0.05, 0) is 38.2 Å². The second kappa shape index (κ2) is 13.2. The number of nitrogens with zero attached hydrogens (tertiary/aromatic N) is 9. The molecule has 4 heterocycles. The number of piperazine rings is 1. The van der Waals surface area contributed by atoms with E-state index in [0.717, 1.165) is 10.1 Å².